The molecule has 1 heterocycles. The first-order valence-electron chi connectivity index (χ1n) is 8.44. The third kappa shape index (κ3) is 6.38. The number of halogens is 1. The third-order valence-corrected chi connectivity index (χ3v) is 5.97. The Bertz CT molecular complexity index is 581. The molecular weight excluding hydrogens is 465 g/mol. The summed E-state index contributed by atoms with van der Waals surface area (Å²) in [6.45, 7) is 3.21. The van der Waals surface area contributed by atoms with Crippen molar-refractivity contribution < 1.29 is 14.2 Å². The van der Waals surface area contributed by atoms with Gasteiger partial charge >= 0.3 is 0 Å². The summed E-state index contributed by atoms with van der Waals surface area (Å²) in [6, 6.07) is 5.90. The zero-order valence-electron chi connectivity index (χ0n) is 16.0. The largest absolute Gasteiger partial charge is 0.493 e. The number of methoxy groups -OCH3 is 2. The lowest BCUT2D eigenvalue weighted by Crippen LogP contribution is -2.47. The molecule has 0 aliphatic carbocycles. The Balaban J connectivity index is 0.00000338. The fraction of sp³-hybridized carbons (Fsp3) is 0.611. The second-order valence-electron chi connectivity index (χ2n) is 5.97. The fourth-order valence-electron chi connectivity index (χ4n) is 2.84. The summed E-state index contributed by atoms with van der Waals surface area (Å²) < 4.78 is 16.3. The Labute approximate surface area is 177 Å². The molecule has 1 aromatic carbocycles. The van der Waals surface area contributed by atoms with Crippen LogP contribution in [-0.4, -0.2) is 58.0 Å². The molecule has 0 unspecified atom stereocenters. The second kappa shape index (κ2) is 11.8. The molecule has 0 bridgehead atoms. The maximum Gasteiger partial charge on any atom is 0.191 e. The lowest BCUT2D eigenvalue weighted by atomic mass is 9.99. The van der Waals surface area contributed by atoms with Crippen LogP contribution in [0.1, 0.15) is 18.4 Å². The summed E-state index contributed by atoms with van der Waals surface area (Å²) in [5, 5.41) is 6.82. The number of ether oxygens (including phenoxy) is 3. The van der Waals surface area contributed by atoms with Crippen molar-refractivity contribution in [3.8, 4) is 11.5 Å². The number of hydrogen-bond donors (Lipinski definition) is 2. The Kier molecular flexibility index (Phi) is 10.5. The van der Waals surface area contributed by atoms with E-state index in [0.717, 1.165) is 55.6 Å². The maximum absolute atomic E-state index is 5.50. The van der Waals surface area contributed by atoms with Gasteiger partial charge < -0.3 is 24.8 Å². The van der Waals surface area contributed by atoms with Gasteiger partial charge in [-0.3, -0.25) is 4.99 Å². The molecule has 0 aromatic heterocycles. The number of benzene rings is 1. The molecule has 1 fully saturated rings. The Hall–Kier alpha value is -0.870. The molecule has 26 heavy (non-hydrogen) atoms. The van der Waals surface area contributed by atoms with Crippen molar-refractivity contribution in [1.82, 2.24) is 10.6 Å². The summed E-state index contributed by atoms with van der Waals surface area (Å²) >= 11 is 1.91. The Morgan fingerprint density at radius 2 is 1.88 bits per heavy atom. The van der Waals surface area contributed by atoms with Crippen molar-refractivity contribution in [1.29, 1.82) is 0 Å². The molecule has 0 amide bonds. The van der Waals surface area contributed by atoms with Crippen LogP contribution in [0.5, 0.6) is 11.5 Å². The topological polar surface area (TPSA) is 64.1 Å². The van der Waals surface area contributed by atoms with Crippen LogP contribution in [0.15, 0.2) is 23.2 Å². The lowest BCUT2D eigenvalue weighted by Gasteiger charge is -2.36. The molecule has 1 aromatic rings. The zero-order chi connectivity index (χ0) is 18.1. The maximum atomic E-state index is 5.50. The van der Waals surface area contributed by atoms with Gasteiger partial charge in [0.15, 0.2) is 17.5 Å². The first-order valence-corrected chi connectivity index (χ1v) is 9.67. The van der Waals surface area contributed by atoms with Crippen molar-refractivity contribution in [2.75, 3.05) is 47.3 Å². The van der Waals surface area contributed by atoms with Gasteiger partial charge in [-0.15, -0.1) is 24.0 Å². The van der Waals surface area contributed by atoms with Crippen LogP contribution in [0, 0.1) is 0 Å². The van der Waals surface area contributed by atoms with Crippen LogP contribution in [0.4, 0.5) is 0 Å². The van der Waals surface area contributed by atoms with Crippen LogP contribution in [0.3, 0.4) is 0 Å². The highest BCUT2D eigenvalue weighted by Gasteiger charge is 2.31. The molecule has 2 rings (SSSR count). The van der Waals surface area contributed by atoms with Crippen molar-refractivity contribution in [3.63, 3.8) is 0 Å². The molecule has 6 nitrogen and oxygen atoms in total. The summed E-state index contributed by atoms with van der Waals surface area (Å²) in [7, 11) is 5.07. The van der Waals surface area contributed by atoms with Gasteiger partial charge in [-0.1, -0.05) is 6.07 Å². The predicted octanol–water partition coefficient (Wildman–Crippen LogP) is 2.90. The number of aliphatic imine (C=N–C) groups is 1. The third-order valence-electron chi connectivity index (χ3n) is 4.55. The van der Waals surface area contributed by atoms with Crippen molar-refractivity contribution in [3.05, 3.63) is 23.8 Å². The molecule has 148 valence electrons. The van der Waals surface area contributed by atoms with E-state index in [1.165, 1.54) is 0 Å². The number of guanidine groups is 1. The van der Waals surface area contributed by atoms with E-state index >= 15 is 0 Å². The minimum atomic E-state index is 0. The first kappa shape index (κ1) is 23.2. The van der Waals surface area contributed by atoms with Crippen LogP contribution >= 0.6 is 35.7 Å². The number of nitrogens with zero attached hydrogens (tertiary/aromatic N) is 1. The van der Waals surface area contributed by atoms with Crippen LogP contribution in [-0.2, 0) is 11.3 Å². The van der Waals surface area contributed by atoms with Crippen LogP contribution in [0.2, 0.25) is 0 Å². The van der Waals surface area contributed by atoms with Gasteiger partial charge in [0.1, 0.15) is 0 Å². The van der Waals surface area contributed by atoms with E-state index in [9.17, 15) is 0 Å². The molecule has 1 aliphatic heterocycles. The van der Waals surface area contributed by atoms with E-state index in [1.54, 1.807) is 21.3 Å². The second-order valence-corrected chi connectivity index (χ2v) is 7.24. The van der Waals surface area contributed by atoms with Gasteiger partial charge in [0.2, 0.25) is 0 Å². The summed E-state index contributed by atoms with van der Waals surface area (Å²) in [6.07, 6.45) is 4.30. The SMILES string of the molecule is CN=C(NCc1ccc(OC)c(OC)c1)NCC1(SC)CCOCC1.I. The monoisotopic (exact) mass is 495 g/mol. The average molecular weight is 495 g/mol. The standard InChI is InChI=1S/C18H29N3O3S.HI/c1-19-17(21-13-18(25-4)7-9-24-10-8-18)20-12-14-5-6-15(22-2)16(11-14)23-3;/h5-6,11H,7-10,12-13H2,1-4H3,(H2,19,20,21);1H. The Morgan fingerprint density at radius 1 is 1.19 bits per heavy atom. The molecule has 1 saturated heterocycles. The summed E-state index contributed by atoms with van der Waals surface area (Å²) in [5.74, 6) is 2.26. The fourth-order valence-corrected chi connectivity index (χ4v) is 3.63. The van der Waals surface area contributed by atoms with Gasteiger partial charge in [-0.05, 0) is 36.8 Å². The molecule has 1 aliphatic rings. The van der Waals surface area contributed by atoms with Crippen molar-refractivity contribution in [2.24, 2.45) is 4.99 Å². The molecule has 0 radical (unpaired) electrons. The molecule has 0 spiro atoms. The quantitative estimate of drug-likeness (QED) is 0.345. The number of hydrogen-bond acceptors (Lipinski definition) is 5. The van der Waals surface area contributed by atoms with E-state index in [4.69, 9.17) is 14.2 Å². The van der Waals surface area contributed by atoms with E-state index in [0.29, 0.717) is 6.54 Å². The van der Waals surface area contributed by atoms with Gasteiger partial charge in [0, 0.05) is 38.1 Å². The summed E-state index contributed by atoms with van der Waals surface area (Å²) in [4.78, 5) is 4.33. The molecule has 8 heteroatoms. The predicted molar refractivity (Wildman–Crippen MR) is 119 cm³/mol. The van der Waals surface area contributed by atoms with Crippen LogP contribution < -0.4 is 20.1 Å². The number of thioether (sulfide) groups is 1. The van der Waals surface area contributed by atoms with Gasteiger partial charge in [0.05, 0.1) is 14.2 Å². The normalized spacial score (nSPS) is 16.4. The van der Waals surface area contributed by atoms with Crippen molar-refractivity contribution >= 4 is 41.7 Å². The lowest BCUT2D eigenvalue weighted by molar-refractivity contribution is 0.0783. The highest BCUT2D eigenvalue weighted by atomic mass is 127. The molecule has 0 atom stereocenters. The highest BCUT2D eigenvalue weighted by molar-refractivity contribution is 14.0. The zero-order valence-corrected chi connectivity index (χ0v) is 19.1. The van der Waals surface area contributed by atoms with Gasteiger partial charge in [-0.2, -0.15) is 11.8 Å². The first-order chi connectivity index (χ1) is 12.2. The minimum absolute atomic E-state index is 0. The Morgan fingerprint density at radius 3 is 2.46 bits per heavy atom. The van der Waals surface area contributed by atoms with E-state index in [-0.39, 0.29) is 28.7 Å². The van der Waals surface area contributed by atoms with Gasteiger partial charge in [0.25, 0.3) is 0 Å². The van der Waals surface area contributed by atoms with Gasteiger partial charge in [-0.25, -0.2) is 0 Å². The average Bonchev–Trinajstić information content (AvgIpc) is 2.68. The van der Waals surface area contributed by atoms with E-state index in [2.05, 4.69) is 21.9 Å². The smallest absolute Gasteiger partial charge is 0.191 e. The van der Waals surface area contributed by atoms with Crippen LogP contribution in [0.25, 0.3) is 0 Å². The number of rotatable bonds is 7. The van der Waals surface area contributed by atoms with E-state index < -0.39 is 0 Å². The molecule has 0 saturated carbocycles. The highest BCUT2D eigenvalue weighted by Crippen LogP contribution is 2.33. The minimum Gasteiger partial charge on any atom is -0.493 e. The number of nitrogens with one attached hydrogen (secondary N) is 2. The summed E-state index contributed by atoms with van der Waals surface area (Å²) in [5.41, 5.74) is 1.10. The molecular formula is C18H30IN3O3S. The van der Waals surface area contributed by atoms with Crippen molar-refractivity contribution in [2.45, 2.75) is 24.1 Å². The molecule has 2 N–H and O–H groups in total. The van der Waals surface area contributed by atoms with E-state index in [1.807, 2.05) is 30.0 Å².